The summed E-state index contributed by atoms with van der Waals surface area (Å²) in [6.45, 7) is 0.377. The molecule has 0 unspecified atom stereocenters. The fourth-order valence-electron chi connectivity index (χ4n) is 3.05. The molecule has 144 valence electrons. The zero-order valence-corrected chi connectivity index (χ0v) is 16.1. The number of Topliss-reactive ketones (excluding diaryl/α,β-unsaturated/α-hetero) is 1. The van der Waals surface area contributed by atoms with E-state index in [0.29, 0.717) is 17.1 Å². The van der Waals surface area contributed by atoms with Crippen molar-refractivity contribution in [3.63, 3.8) is 0 Å². The first kappa shape index (κ1) is 18.8. The molecule has 1 amide bonds. The summed E-state index contributed by atoms with van der Waals surface area (Å²) in [5.41, 5.74) is 2.59. The molecule has 0 aliphatic heterocycles. The Bertz CT molecular complexity index is 1170. The fraction of sp³-hybridized carbons (Fsp3) is 0.0909. The van der Waals surface area contributed by atoms with Gasteiger partial charge in [0.1, 0.15) is 0 Å². The van der Waals surface area contributed by atoms with Crippen LogP contribution in [0.25, 0.3) is 10.9 Å². The van der Waals surface area contributed by atoms with Gasteiger partial charge in [-0.15, -0.1) is 0 Å². The standard InChI is InChI=1S/C22H17ClN4O2/c23-17-9-7-15(8-10-17)14-27-19-6-2-1-5-18(19)21(26-27)22(29)25-13-20(28)16-4-3-11-24-12-16/h1-12H,13-14H2,(H,25,29). The number of amides is 1. The van der Waals surface area contributed by atoms with E-state index in [9.17, 15) is 9.59 Å². The Labute approximate surface area is 172 Å². The Morgan fingerprint density at radius 1 is 1.00 bits per heavy atom. The molecular formula is C22H17ClN4O2. The normalized spacial score (nSPS) is 10.8. The summed E-state index contributed by atoms with van der Waals surface area (Å²) in [5, 5.41) is 8.56. The molecule has 0 bridgehead atoms. The van der Waals surface area contributed by atoms with Gasteiger partial charge < -0.3 is 5.32 Å². The molecule has 4 rings (SSSR count). The number of pyridine rings is 1. The molecule has 2 heterocycles. The van der Waals surface area contributed by atoms with E-state index in [1.807, 2.05) is 48.5 Å². The number of ketones is 1. The molecule has 4 aromatic rings. The van der Waals surface area contributed by atoms with Gasteiger partial charge in [-0.3, -0.25) is 19.3 Å². The molecule has 0 radical (unpaired) electrons. The second kappa shape index (κ2) is 8.24. The highest BCUT2D eigenvalue weighted by atomic mass is 35.5. The van der Waals surface area contributed by atoms with Crippen molar-refractivity contribution in [1.82, 2.24) is 20.1 Å². The third kappa shape index (κ3) is 4.17. The van der Waals surface area contributed by atoms with Gasteiger partial charge in [0.25, 0.3) is 5.91 Å². The van der Waals surface area contributed by atoms with E-state index in [2.05, 4.69) is 15.4 Å². The van der Waals surface area contributed by atoms with E-state index in [1.165, 1.54) is 6.20 Å². The van der Waals surface area contributed by atoms with E-state index >= 15 is 0 Å². The number of rotatable bonds is 6. The molecule has 0 atom stereocenters. The quantitative estimate of drug-likeness (QED) is 0.496. The minimum absolute atomic E-state index is 0.122. The predicted octanol–water partition coefficient (Wildman–Crippen LogP) is 3.75. The second-order valence-corrected chi connectivity index (χ2v) is 6.93. The van der Waals surface area contributed by atoms with Gasteiger partial charge in [0, 0.05) is 28.4 Å². The monoisotopic (exact) mass is 404 g/mol. The molecule has 2 aromatic heterocycles. The topological polar surface area (TPSA) is 76.9 Å². The van der Waals surface area contributed by atoms with Gasteiger partial charge in [0.05, 0.1) is 18.6 Å². The van der Waals surface area contributed by atoms with Gasteiger partial charge in [-0.1, -0.05) is 41.9 Å². The Morgan fingerprint density at radius 2 is 1.79 bits per heavy atom. The van der Waals surface area contributed by atoms with E-state index in [-0.39, 0.29) is 18.0 Å². The van der Waals surface area contributed by atoms with Crippen LogP contribution in [0, 0.1) is 0 Å². The lowest BCUT2D eigenvalue weighted by molar-refractivity contribution is 0.0901. The lowest BCUT2D eigenvalue weighted by Gasteiger charge is -2.04. The SMILES string of the molecule is O=C(CNC(=O)c1nn(Cc2ccc(Cl)cc2)c2ccccc12)c1cccnc1. The molecule has 2 aromatic carbocycles. The molecule has 0 saturated carbocycles. The van der Waals surface area contributed by atoms with E-state index in [0.717, 1.165) is 16.5 Å². The maximum absolute atomic E-state index is 12.7. The second-order valence-electron chi connectivity index (χ2n) is 6.50. The number of carbonyl (C=O) groups is 2. The third-order valence-electron chi connectivity index (χ3n) is 4.51. The zero-order chi connectivity index (χ0) is 20.2. The van der Waals surface area contributed by atoms with Crippen molar-refractivity contribution in [2.24, 2.45) is 0 Å². The number of para-hydroxylation sites is 1. The highest BCUT2D eigenvalue weighted by Gasteiger charge is 2.18. The summed E-state index contributed by atoms with van der Waals surface area (Å²) in [7, 11) is 0. The molecule has 1 N–H and O–H groups in total. The van der Waals surface area contributed by atoms with Crippen molar-refractivity contribution >= 4 is 34.2 Å². The van der Waals surface area contributed by atoms with Crippen LogP contribution in [0.2, 0.25) is 5.02 Å². The smallest absolute Gasteiger partial charge is 0.272 e. The lowest BCUT2D eigenvalue weighted by atomic mass is 10.1. The number of fused-ring (bicyclic) bond motifs is 1. The molecule has 0 aliphatic carbocycles. The number of nitrogens with one attached hydrogen (secondary N) is 1. The van der Waals surface area contributed by atoms with Crippen LogP contribution >= 0.6 is 11.6 Å². The lowest BCUT2D eigenvalue weighted by Crippen LogP contribution is -2.30. The molecule has 0 aliphatic rings. The number of halogens is 1. The average molecular weight is 405 g/mol. The minimum Gasteiger partial charge on any atom is -0.343 e. The van der Waals surface area contributed by atoms with Gasteiger partial charge >= 0.3 is 0 Å². The molecular weight excluding hydrogens is 388 g/mol. The highest BCUT2D eigenvalue weighted by Crippen LogP contribution is 2.20. The summed E-state index contributed by atoms with van der Waals surface area (Å²) >= 11 is 5.95. The number of hydrogen-bond donors (Lipinski definition) is 1. The van der Waals surface area contributed by atoms with Crippen molar-refractivity contribution in [1.29, 1.82) is 0 Å². The number of nitrogens with zero attached hydrogens (tertiary/aromatic N) is 3. The van der Waals surface area contributed by atoms with E-state index < -0.39 is 5.91 Å². The van der Waals surface area contributed by atoms with Gasteiger partial charge in [-0.05, 0) is 35.9 Å². The van der Waals surface area contributed by atoms with E-state index in [4.69, 9.17) is 11.6 Å². The van der Waals surface area contributed by atoms with Gasteiger partial charge in [-0.2, -0.15) is 5.10 Å². The average Bonchev–Trinajstić information content (AvgIpc) is 3.12. The largest absolute Gasteiger partial charge is 0.343 e. The van der Waals surface area contributed by atoms with Gasteiger partial charge in [0.2, 0.25) is 0 Å². The number of carbonyl (C=O) groups excluding carboxylic acids is 2. The first-order valence-corrected chi connectivity index (χ1v) is 9.41. The molecule has 0 fully saturated rings. The van der Waals surface area contributed by atoms with Crippen LogP contribution < -0.4 is 5.32 Å². The Balaban J connectivity index is 1.56. The van der Waals surface area contributed by atoms with Crippen LogP contribution in [-0.2, 0) is 6.54 Å². The van der Waals surface area contributed by atoms with Crippen molar-refractivity contribution in [3.8, 4) is 0 Å². The molecule has 0 saturated heterocycles. The van der Waals surface area contributed by atoms with Crippen LogP contribution in [0.5, 0.6) is 0 Å². The van der Waals surface area contributed by atoms with Crippen LogP contribution in [0.1, 0.15) is 26.4 Å². The summed E-state index contributed by atoms with van der Waals surface area (Å²) in [5.74, 6) is -0.607. The van der Waals surface area contributed by atoms with E-state index in [1.54, 1.807) is 23.0 Å². The summed E-state index contributed by atoms with van der Waals surface area (Å²) in [4.78, 5) is 28.9. The number of hydrogen-bond acceptors (Lipinski definition) is 4. The van der Waals surface area contributed by atoms with Crippen molar-refractivity contribution in [3.05, 3.63) is 94.9 Å². The minimum atomic E-state index is -0.395. The van der Waals surface area contributed by atoms with Crippen molar-refractivity contribution in [2.75, 3.05) is 6.54 Å². The van der Waals surface area contributed by atoms with Crippen LogP contribution in [0.3, 0.4) is 0 Å². The summed E-state index contributed by atoms with van der Waals surface area (Å²) in [6.07, 6.45) is 3.07. The van der Waals surface area contributed by atoms with Crippen molar-refractivity contribution in [2.45, 2.75) is 6.54 Å². The van der Waals surface area contributed by atoms with Crippen LogP contribution in [0.15, 0.2) is 73.1 Å². The van der Waals surface area contributed by atoms with Crippen molar-refractivity contribution < 1.29 is 9.59 Å². The molecule has 29 heavy (non-hydrogen) atoms. The van der Waals surface area contributed by atoms with Crippen LogP contribution in [0.4, 0.5) is 0 Å². The maximum Gasteiger partial charge on any atom is 0.272 e. The number of benzene rings is 2. The first-order valence-electron chi connectivity index (χ1n) is 9.03. The zero-order valence-electron chi connectivity index (χ0n) is 15.4. The van der Waals surface area contributed by atoms with Gasteiger partial charge in [0.15, 0.2) is 11.5 Å². The summed E-state index contributed by atoms with van der Waals surface area (Å²) < 4.78 is 1.77. The third-order valence-corrected chi connectivity index (χ3v) is 4.76. The van der Waals surface area contributed by atoms with Crippen LogP contribution in [-0.4, -0.2) is 33.0 Å². The number of aromatic nitrogens is 3. The van der Waals surface area contributed by atoms with Gasteiger partial charge in [-0.25, -0.2) is 0 Å². The fourth-order valence-corrected chi connectivity index (χ4v) is 3.18. The Kier molecular flexibility index (Phi) is 5.35. The molecule has 6 nitrogen and oxygen atoms in total. The summed E-state index contributed by atoms with van der Waals surface area (Å²) in [6, 6.07) is 18.3. The highest BCUT2D eigenvalue weighted by molar-refractivity contribution is 6.30. The maximum atomic E-state index is 12.7. The Hall–Kier alpha value is -3.51. The predicted molar refractivity (Wildman–Crippen MR) is 111 cm³/mol. The Morgan fingerprint density at radius 3 is 2.55 bits per heavy atom. The molecule has 7 heteroatoms. The first-order chi connectivity index (χ1) is 14.1. The molecule has 0 spiro atoms.